The molecule has 0 N–H and O–H groups in total. The molecule has 4 heteroatoms. The van der Waals surface area contributed by atoms with Crippen LogP contribution in [0, 0.1) is 17.1 Å². The number of nitrogens with zero attached hydrogens (tertiary/aromatic N) is 2. The molecule has 0 saturated carbocycles. The van der Waals surface area contributed by atoms with Crippen LogP contribution in [0.4, 0.5) is 4.39 Å². The van der Waals surface area contributed by atoms with Gasteiger partial charge >= 0.3 is 0 Å². The van der Waals surface area contributed by atoms with Crippen LogP contribution < -0.4 is 0 Å². The monoisotopic (exact) mass is 268 g/mol. The zero-order valence-electron chi connectivity index (χ0n) is 10.9. The molecule has 100 valence electrons. The van der Waals surface area contributed by atoms with Crippen molar-refractivity contribution < 1.29 is 9.18 Å². The Morgan fingerprint density at radius 3 is 2.85 bits per heavy atom. The van der Waals surface area contributed by atoms with Gasteiger partial charge in [-0.3, -0.25) is 4.79 Å². The quantitative estimate of drug-likeness (QED) is 0.840. The molecule has 0 bridgehead atoms. The topological polar surface area (TPSA) is 45.8 Å². The van der Waals surface area contributed by atoms with Crippen molar-refractivity contribution >= 4 is 5.78 Å². The molecular formula is C16H13FN2O. The Balaban J connectivity index is 1.90. The highest BCUT2D eigenvalue weighted by Gasteiger charge is 2.19. The van der Waals surface area contributed by atoms with Crippen LogP contribution in [0.25, 0.3) is 0 Å². The van der Waals surface area contributed by atoms with Crippen molar-refractivity contribution in [3.05, 3.63) is 58.7 Å². The molecule has 0 fully saturated rings. The minimum absolute atomic E-state index is 0.182. The van der Waals surface area contributed by atoms with Gasteiger partial charge in [0.1, 0.15) is 5.82 Å². The molecule has 1 aliphatic rings. The van der Waals surface area contributed by atoms with Crippen molar-refractivity contribution in [3.8, 4) is 6.07 Å². The second kappa shape index (κ2) is 4.93. The van der Waals surface area contributed by atoms with E-state index in [-0.39, 0.29) is 5.78 Å². The number of ketones is 1. The maximum atomic E-state index is 13.4. The number of halogens is 1. The second-order valence-electron chi connectivity index (χ2n) is 5.11. The molecule has 0 aliphatic heterocycles. The third-order valence-corrected chi connectivity index (χ3v) is 3.56. The van der Waals surface area contributed by atoms with Gasteiger partial charge in [0.25, 0.3) is 0 Å². The molecule has 2 aromatic rings. The van der Waals surface area contributed by atoms with Crippen molar-refractivity contribution in [2.24, 2.45) is 0 Å². The normalized spacial score (nSPS) is 13.9. The largest absolute Gasteiger partial charge is 0.349 e. The number of fused-ring (bicyclic) bond motifs is 1. The second-order valence-corrected chi connectivity index (χ2v) is 5.11. The SMILES string of the molecule is N#Cc1cc(F)cc(Cn2cc3c(c2)C(=O)CCC3)c1. The first kappa shape index (κ1) is 12.6. The summed E-state index contributed by atoms with van der Waals surface area (Å²) in [7, 11) is 0. The lowest BCUT2D eigenvalue weighted by molar-refractivity contribution is 0.0973. The van der Waals surface area contributed by atoms with Crippen LogP contribution in [0.3, 0.4) is 0 Å². The standard InChI is InChI=1S/C16H13FN2O/c17-14-5-11(7-18)4-12(6-14)8-19-9-13-2-1-3-16(20)15(13)10-19/h4-6,9-10H,1-3,8H2. The number of aromatic nitrogens is 1. The van der Waals surface area contributed by atoms with Crippen LogP contribution in [0.1, 0.15) is 39.9 Å². The van der Waals surface area contributed by atoms with E-state index in [1.54, 1.807) is 6.07 Å². The molecule has 0 saturated heterocycles. The number of carbonyl (C=O) groups excluding carboxylic acids is 1. The zero-order chi connectivity index (χ0) is 14.1. The van der Waals surface area contributed by atoms with E-state index in [1.807, 2.05) is 23.0 Å². The molecule has 3 nitrogen and oxygen atoms in total. The van der Waals surface area contributed by atoms with Crippen LogP contribution in [-0.4, -0.2) is 10.4 Å². The van der Waals surface area contributed by atoms with Crippen molar-refractivity contribution in [2.45, 2.75) is 25.8 Å². The number of benzene rings is 1. The molecule has 20 heavy (non-hydrogen) atoms. The lowest BCUT2D eigenvalue weighted by Crippen LogP contribution is -2.07. The van der Waals surface area contributed by atoms with E-state index in [0.717, 1.165) is 29.5 Å². The third-order valence-electron chi connectivity index (χ3n) is 3.56. The number of hydrogen-bond acceptors (Lipinski definition) is 2. The molecule has 1 aliphatic carbocycles. The fourth-order valence-electron chi connectivity index (χ4n) is 2.69. The molecule has 0 atom stereocenters. The van der Waals surface area contributed by atoms with Crippen LogP contribution in [0.15, 0.2) is 30.6 Å². The highest BCUT2D eigenvalue weighted by Crippen LogP contribution is 2.22. The summed E-state index contributed by atoms with van der Waals surface area (Å²) in [5, 5.41) is 8.85. The first-order valence-corrected chi connectivity index (χ1v) is 6.57. The predicted octanol–water partition coefficient (Wildman–Crippen LogP) is 3.07. The predicted molar refractivity (Wildman–Crippen MR) is 71.9 cm³/mol. The third kappa shape index (κ3) is 2.35. The summed E-state index contributed by atoms with van der Waals surface area (Å²) >= 11 is 0. The summed E-state index contributed by atoms with van der Waals surface area (Å²) in [6.07, 6.45) is 6.20. The average molecular weight is 268 g/mol. The molecular weight excluding hydrogens is 255 g/mol. The first-order valence-electron chi connectivity index (χ1n) is 6.57. The smallest absolute Gasteiger partial charge is 0.164 e. The van der Waals surface area contributed by atoms with E-state index in [9.17, 15) is 9.18 Å². The fourth-order valence-corrected chi connectivity index (χ4v) is 2.69. The first-order chi connectivity index (χ1) is 9.65. The molecule has 1 aromatic carbocycles. The van der Waals surface area contributed by atoms with Gasteiger partial charge in [-0.2, -0.15) is 5.26 Å². The Kier molecular flexibility index (Phi) is 3.11. The van der Waals surface area contributed by atoms with E-state index in [1.165, 1.54) is 12.1 Å². The van der Waals surface area contributed by atoms with Crippen LogP contribution >= 0.6 is 0 Å². The molecule has 0 radical (unpaired) electrons. The maximum absolute atomic E-state index is 13.4. The summed E-state index contributed by atoms with van der Waals surface area (Å²) in [6, 6.07) is 6.25. The number of hydrogen-bond donors (Lipinski definition) is 0. The minimum Gasteiger partial charge on any atom is -0.349 e. The summed E-state index contributed by atoms with van der Waals surface area (Å²) in [4.78, 5) is 11.8. The number of rotatable bonds is 2. The fraction of sp³-hybridized carbons (Fsp3) is 0.250. The Morgan fingerprint density at radius 1 is 1.25 bits per heavy atom. The number of carbonyl (C=O) groups is 1. The van der Waals surface area contributed by atoms with Crippen LogP contribution in [0.2, 0.25) is 0 Å². The van der Waals surface area contributed by atoms with Gasteiger partial charge in [-0.1, -0.05) is 0 Å². The van der Waals surface area contributed by atoms with Crippen molar-refractivity contribution in [2.75, 3.05) is 0 Å². The van der Waals surface area contributed by atoms with Gasteiger partial charge in [0.2, 0.25) is 0 Å². The van der Waals surface area contributed by atoms with E-state index < -0.39 is 5.82 Å². The van der Waals surface area contributed by atoms with Gasteiger partial charge < -0.3 is 4.57 Å². The Bertz CT molecular complexity index is 725. The lowest BCUT2D eigenvalue weighted by atomic mass is 9.95. The molecule has 1 aromatic heterocycles. The van der Waals surface area contributed by atoms with Gasteiger partial charge in [0.05, 0.1) is 11.6 Å². The van der Waals surface area contributed by atoms with Gasteiger partial charge in [-0.25, -0.2) is 4.39 Å². The molecule has 0 amide bonds. The van der Waals surface area contributed by atoms with E-state index in [0.29, 0.717) is 18.5 Å². The Morgan fingerprint density at radius 2 is 2.10 bits per heavy atom. The molecule has 1 heterocycles. The maximum Gasteiger partial charge on any atom is 0.164 e. The Labute approximate surface area is 116 Å². The van der Waals surface area contributed by atoms with Gasteiger partial charge in [0.15, 0.2) is 5.78 Å². The average Bonchev–Trinajstić information content (AvgIpc) is 2.82. The molecule has 3 rings (SSSR count). The number of nitriles is 1. The van der Waals surface area contributed by atoms with Crippen molar-refractivity contribution in [1.82, 2.24) is 4.57 Å². The van der Waals surface area contributed by atoms with Gasteiger partial charge in [0, 0.05) is 30.9 Å². The Hall–Kier alpha value is -2.41. The highest BCUT2D eigenvalue weighted by molar-refractivity contribution is 5.98. The van der Waals surface area contributed by atoms with E-state index in [2.05, 4.69) is 0 Å². The highest BCUT2D eigenvalue weighted by atomic mass is 19.1. The molecule has 0 spiro atoms. The summed E-state index contributed by atoms with van der Waals surface area (Å²) < 4.78 is 15.3. The number of aryl methyl sites for hydroxylation is 1. The van der Waals surface area contributed by atoms with Crippen LogP contribution in [0.5, 0.6) is 0 Å². The summed E-state index contributed by atoms with van der Waals surface area (Å²) in [5.74, 6) is -0.228. The van der Waals surface area contributed by atoms with Gasteiger partial charge in [-0.15, -0.1) is 0 Å². The molecule has 0 unspecified atom stereocenters. The van der Waals surface area contributed by atoms with Gasteiger partial charge in [-0.05, 0) is 42.2 Å². The van der Waals surface area contributed by atoms with E-state index >= 15 is 0 Å². The van der Waals surface area contributed by atoms with Crippen molar-refractivity contribution in [1.29, 1.82) is 5.26 Å². The van der Waals surface area contributed by atoms with E-state index in [4.69, 9.17) is 5.26 Å². The minimum atomic E-state index is -0.410. The lowest BCUT2D eigenvalue weighted by Gasteiger charge is -2.07. The van der Waals surface area contributed by atoms with Crippen LogP contribution in [-0.2, 0) is 13.0 Å². The number of Topliss-reactive ketones (excluding diaryl/α,β-unsaturated/α-hetero) is 1. The summed E-state index contributed by atoms with van der Waals surface area (Å²) in [5.41, 5.74) is 2.89. The summed E-state index contributed by atoms with van der Waals surface area (Å²) in [6.45, 7) is 0.465. The van der Waals surface area contributed by atoms with Crippen molar-refractivity contribution in [3.63, 3.8) is 0 Å². The zero-order valence-corrected chi connectivity index (χ0v) is 10.9.